The predicted octanol–water partition coefficient (Wildman–Crippen LogP) is 4.15. The number of nitrogens with one attached hydrogen (secondary N) is 1. The van der Waals surface area contributed by atoms with Crippen LogP contribution in [0.25, 0.3) is 0 Å². The topological polar surface area (TPSA) is 91.2 Å². The lowest BCUT2D eigenvalue weighted by Crippen LogP contribution is -2.25. The first-order chi connectivity index (χ1) is 14.4. The van der Waals surface area contributed by atoms with E-state index in [1.165, 1.54) is 24.0 Å². The standard InChI is InChI=1S/C19H17Cl2N5O3S/c1-10(18(27)23-16-12(21)7-11(20)8-22-16)30-19-25-24-17(26(19)2)15-9-28-13-5-3-4-6-14(13)29-15/h3-8,10,15H,9H2,1-2H3,(H,22,23,27). The van der Waals surface area contributed by atoms with Gasteiger partial charge in [-0.25, -0.2) is 4.98 Å². The number of hydrogen-bond acceptors (Lipinski definition) is 7. The van der Waals surface area contributed by atoms with Gasteiger partial charge < -0.3 is 19.4 Å². The second-order valence-electron chi connectivity index (χ2n) is 6.50. The Labute approximate surface area is 186 Å². The summed E-state index contributed by atoms with van der Waals surface area (Å²) in [4.78, 5) is 16.6. The number of pyridine rings is 1. The summed E-state index contributed by atoms with van der Waals surface area (Å²) in [5.41, 5.74) is 0. The van der Waals surface area contributed by atoms with Crippen LogP contribution in [0.2, 0.25) is 10.0 Å². The number of rotatable bonds is 5. The van der Waals surface area contributed by atoms with Gasteiger partial charge >= 0.3 is 0 Å². The van der Waals surface area contributed by atoms with Crippen molar-refractivity contribution in [2.75, 3.05) is 11.9 Å². The number of nitrogens with zero attached hydrogens (tertiary/aromatic N) is 4. The van der Waals surface area contributed by atoms with Crippen LogP contribution in [0.1, 0.15) is 18.9 Å². The molecule has 1 amide bonds. The van der Waals surface area contributed by atoms with Gasteiger partial charge in [0.05, 0.1) is 15.3 Å². The molecule has 0 bridgehead atoms. The van der Waals surface area contributed by atoms with Crippen LogP contribution in [0, 0.1) is 0 Å². The average molecular weight is 466 g/mol. The molecule has 1 N–H and O–H groups in total. The Hall–Kier alpha value is -2.49. The fourth-order valence-electron chi connectivity index (χ4n) is 2.79. The van der Waals surface area contributed by atoms with Crippen LogP contribution in [-0.4, -0.2) is 37.5 Å². The number of amides is 1. The van der Waals surface area contributed by atoms with Gasteiger partial charge in [0.2, 0.25) is 5.91 Å². The van der Waals surface area contributed by atoms with Crippen LogP contribution in [0.5, 0.6) is 11.5 Å². The molecule has 2 unspecified atom stereocenters. The lowest BCUT2D eigenvalue weighted by atomic mass is 10.2. The Morgan fingerprint density at radius 3 is 2.83 bits per heavy atom. The Morgan fingerprint density at radius 2 is 2.07 bits per heavy atom. The van der Waals surface area contributed by atoms with Gasteiger partial charge in [-0.2, -0.15) is 0 Å². The van der Waals surface area contributed by atoms with Crippen LogP contribution in [-0.2, 0) is 11.8 Å². The number of ether oxygens (including phenoxy) is 2. The Balaban J connectivity index is 1.43. The highest BCUT2D eigenvalue weighted by Gasteiger charge is 2.28. The number of thioether (sulfide) groups is 1. The molecule has 0 spiro atoms. The molecule has 1 aliphatic rings. The second-order valence-corrected chi connectivity index (χ2v) is 8.65. The summed E-state index contributed by atoms with van der Waals surface area (Å²) in [5, 5.41) is 11.9. The smallest absolute Gasteiger partial charge is 0.238 e. The summed E-state index contributed by atoms with van der Waals surface area (Å²) in [6, 6.07) is 8.98. The third kappa shape index (κ3) is 4.33. The molecule has 4 rings (SSSR count). The van der Waals surface area contributed by atoms with E-state index in [1.54, 1.807) is 11.5 Å². The molecule has 3 heterocycles. The minimum Gasteiger partial charge on any atom is -0.485 e. The molecule has 156 valence electrons. The minimum absolute atomic E-state index is 0.253. The molecule has 0 aliphatic carbocycles. The molecule has 3 aromatic rings. The average Bonchev–Trinajstić information content (AvgIpc) is 3.09. The van der Waals surface area contributed by atoms with Crippen LogP contribution in [0.4, 0.5) is 5.82 Å². The van der Waals surface area contributed by atoms with Crippen LogP contribution >= 0.6 is 35.0 Å². The van der Waals surface area contributed by atoms with E-state index in [-0.39, 0.29) is 16.7 Å². The fraction of sp³-hybridized carbons (Fsp3) is 0.263. The molecule has 2 aromatic heterocycles. The predicted molar refractivity (Wildman–Crippen MR) is 115 cm³/mol. The maximum atomic E-state index is 12.5. The van der Waals surface area contributed by atoms with Crippen molar-refractivity contribution in [2.45, 2.75) is 23.4 Å². The number of halogens is 2. The molecule has 1 aromatic carbocycles. The van der Waals surface area contributed by atoms with Crippen molar-refractivity contribution >= 4 is 46.7 Å². The number of carbonyl (C=O) groups excluding carboxylic acids is 1. The van der Waals surface area contributed by atoms with Gasteiger partial charge in [-0.05, 0) is 25.1 Å². The zero-order chi connectivity index (χ0) is 21.3. The van der Waals surface area contributed by atoms with Crippen LogP contribution in [0.3, 0.4) is 0 Å². The monoisotopic (exact) mass is 465 g/mol. The zero-order valence-electron chi connectivity index (χ0n) is 16.0. The van der Waals surface area contributed by atoms with Crippen LogP contribution < -0.4 is 14.8 Å². The maximum Gasteiger partial charge on any atom is 0.238 e. The van der Waals surface area contributed by atoms with E-state index in [4.69, 9.17) is 32.7 Å². The van der Waals surface area contributed by atoms with Crippen molar-refractivity contribution in [3.63, 3.8) is 0 Å². The molecule has 1 aliphatic heterocycles. The van der Waals surface area contributed by atoms with Crippen LogP contribution in [0.15, 0.2) is 41.7 Å². The first-order valence-electron chi connectivity index (χ1n) is 8.98. The van der Waals surface area contributed by atoms with E-state index in [0.717, 1.165) is 0 Å². The van der Waals surface area contributed by atoms with Gasteiger partial charge in [-0.1, -0.05) is 47.1 Å². The summed E-state index contributed by atoms with van der Waals surface area (Å²) >= 11 is 13.2. The van der Waals surface area contributed by atoms with Gasteiger partial charge in [-0.3, -0.25) is 4.79 Å². The van der Waals surface area contributed by atoms with Gasteiger partial charge in [0.1, 0.15) is 6.61 Å². The van der Waals surface area contributed by atoms with Crippen molar-refractivity contribution in [3.05, 3.63) is 52.4 Å². The minimum atomic E-state index is -0.474. The fourth-order valence-corrected chi connectivity index (χ4v) is 4.04. The Morgan fingerprint density at radius 1 is 1.30 bits per heavy atom. The third-order valence-electron chi connectivity index (χ3n) is 4.37. The second kappa shape index (κ2) is 8.71. The number of aromatic nitrogens is 4. The Kier molecular flexibility index (Phi) is 6.03. The van der Waals surface area contributed by atoms with Crippen molar-refractivity contribution < 1.29 is 14.3 Å². The third-order valence-corrected chi connectivity index (χ3v) is 5.99. The molecule has 2 atom stereocenters. The molecule has 0 radical (unpaired) electrons. The number of benzene rings is 1. The van der Waals surface area contributed by atoms with Crippen molar-refractivity contribution in [1.29, 1.82) is 0 Å². The van der Waals surface area contributed by atoms with Gasteiger partial charge in [0.15, 0.2) is 34.4 Å². The van der Waals surface area contributed by atoms with Gasteiger partial charge in [0, 0.05) is 13.2 Å². The largest absolute Gasteiger partial charge is 0.485 e. The lowest BCUT2D eigenvalue weighted by molar-refractivity contribution is -0.115. The summed E-state index contributed by atoms with van der Waals surface area (Å²) in [6.45, 7) is 2.08. The first-order valence-corrected chi connectivity index (χ1v) is 10.6. The van der Waals surface area contributed by atoms with Crippen molar-refractivity contribution in [3.8, 4) is 11.5 Å². The number of fused-ring (bicyclic) bond motifs is 1. The molecular formula is C19H17Cl2N5O3S. The van der Waals surface area contributed by atoms with Crippen molar-refractivity contribution in [2.24, 2.45) is 7.05 Å². The highest BCUT2D eigenvalue weighted by atomic mass is 35.5. The molecule has 11 heteroatoms. The molecule has 0 saturated heterocycles. The van der Waals surface area contributed by atoms with Gasteiger partial charge in [0.25, 0.3) is 0 Å². The summed E-state index contributed by atoms with van der Waals surface area (Å²) in [7, 11) is 1.82. The number of carbonyl (C=O) groups is 1. The number of anilines is 1. The quantitative estimate of drug-likeness (QED) is 0.565. The van der Waals surface area contributed by atoms with E-state index >= 15 is 0 Å². The van der Waals surface area contributed by atoms with Gasteiger partial charge in [-0.15, -0.1) is 10.2 Å². The van der Waals surface area contributed by atoms with E-state index in [9.17, 15) is 4.79 Å². The lowest BCUT2D eigenvalue weighted by Gasteiger charge is -2.25. The molecule has 0 fully saturated rings. The molecular weight excluding hydrogens is 449 g/mol. The molecule has 0 saturated carbocycles. The van der Waals surface area contributed by atoms with E-state index in [2.05, 4.69) is 20.5 Å². The van der Waals surface area contributed by atoms with E-state index in [0.29, 0.717) is 34.1 Å². The number of hydrogen-bond donors (Lipinski definition) is 1. The highest BCUT2D eigenvalue weighted by molar-refractivity contribution is 8.00. The van der Waals surface area contributed by atoms with Crippen molar-refractivity contribution in [1.82, 2.24) is 19.7 Å². The molecule has 30 heavy (non-hydrogen) atoms. The van der Waals surface area contributed by atoms with E-state index in [1.807, 2.05) is 31.3 Å². The first kappa shape index (κ1) is 20.8. The summed E-state index contributed by atoms with van der Waals surface area (Å²) < 4.78 is 13.5. The van der Waals surface area contributed by atoms with E-state index < -0.39 is 11.4 Å². The maximum absolute atomic E-state index is 12.5. The number of para-hydroxylation sites is 2. The summed E-state index contributed by atoms with van der Waals surface area (Å²) in [5.74, 6) is 1.95. The highest BCUT2D eigenvalue weighted by Crippen LogP contribution is 2.36. The molecule has 8 nitrogen and oxygen atoms in total. The zero-order valence-corrected chi connectivity index (χ0v) is 18.3. The Bertz CT molecular complexity index is 1090. The summed E-state index contributed by atoms with van der Waals surface area (Å²) in [6.07, 6.45) is 1.02. The normalized spacial score (nSPS) is 16.2. The SMILES string of the molecule is CC(Sc1nnc(C2COc3ccccc3O2)n1C)C(=O)Nc1ncc(Cl)cc1Cl.